The van der Waals surface area contributed by atoms with Gasteiger partial charge >= 0.3 is 0 Å². The second-order valence-electron chi connectivity index (χ2n) is 7.80. The van der Waals surface area contributed by atoms with E-state index in [-0.39, 0.29) is 5.41 Å². The van der Waals surface area contributed by atoms with Gasteiger partial charge in [0.25, 0.3) is 0 Å². The SMILES string of the molecule is Cc1cc(NC2CCCC2)nc(Nc2ccc(C(C)(C)C)cc2)n1. The van der Waals surface area contributed by atoms with Crippen molar-refractivity contribution >= 4 is 17.5 Å². The summed E-state index contributed by atoms with van der Waals surface area (Å²) in [6.07, 6.45) is 5.10. The zero-order valence-electron chi connectivity index (χ0n) is 15.2. The Morgan fingerprint density at radius 2 is 1.67 bits per heavy atom. The van der Waals surface area contributed by atoms with E-state index in [2.05, 4.69) is 65.6 Å². The first-order valence-electron chi connectivity index (χ1n) is 8.90. The lowest BCUT2D eigenvalue weighted by molar-refractivity contribution is 0.590. The predicted octanol–water partition coefficient (Wildman–Crippen LogP) is 5.18. The van der Waals surface area contributed by atoms with E-state index >= 15 is 0 Å². The lowest BCUT2D eigenvalue weighted by Crippen LogP contribution is -2.16. The van der Waals surface area contributed by atoms with Crippen molar-refractivity contribution < 1.29 is 0 Å². The average molecular weight is 324 g/mol. The molecule has 0 saturated heterocycles. The Morgan fingerprint density at radius 3 is 2.29 bits per heavy atom. The first-order chi connectivity index (χ1) is 11.4. The third kappa shape index (κ3) is 4.25. The summed E-state index contributed by atoms with van der Waals surface area (Å²) in [6, 6.07) is 11.1. The van der Waals surface area contributed by atoms with Crippen LogP contribution in [-0.4, -0.2) is 16.0 Å². The standard InChI is InChI=1S/C20H28N4/c1-14-13-18(22-16-7-5-6-8-16)24-19(21-14)23-17-11-9-15(10-12-17)20(2,3)4/h9-13,16H,5-8H2,1-4H3,(H2,21,22,23,24). The van der Waals surface area contributed by atoms with Crippen LogP contribution in [0.25, 0.3) is 0 Å². The van der Waals surface area contributed by atoms with Crippen LogP contribution >= 0.6 is 0 Å². The highest BCUT2D eigenvalue weighted by Crippen LogP contribution is 2.25. The van der Waals surface area contributed by atoms with Gasteiger partial charge in [-0.25, -0.2) is 4.98 Å². The number of aryl methyl sites for hydroxylation is 1. The Labute approximate surface area is 145 Å². The third-order valence-electron chi connectivity index (χ3n) is 4.57. The molecule has 4 heteroatoms. The van der Waals surface area contributed by atoms with Crippen LogP contribution < -0.4 is 10.6 Å². The Balaban J connectivity index is 1.73. The molecule has 2 aromatic rings. The fraction of sp³-hybridized carbons (Fsp3) is 0.500. The van der Waals surface area contributed by atoms with E-state index in [1.54, 1.807) is 0 Å². The minimum atomic E-state index is 0.163. The van der Waals surface area contributed by atoms with Crippen molar-refractivity contribution in [2.75, 3.05) is 10.6 Å². The Bertz CT molecular complexity index is 680. The molecule has 1 aromatic heterocycles. The van der Waals surface area contributed by atoms with E-state index in [0.717, 1.165) is 17.2 Å². The van der Waals surface area contributed by atoms with Crippen LogP contribution in [0.3, 0.4) is 0 Å². The first kappa shape index (κ1) is 16.7. The number of rotatable bonds is 4. The number of benzene rings is 1. The summed E-state index contributed by atoms with van der Waals surface area (Å²) in [5.74, 6) is 1.57. The van der Waals surface area contributed by atoms with E-state index in [9.17, 15) is 0 Å². The summed E-state index contributed by atoms with van der Waals surface area (Å²) in [6.45, 7) is 8.68. The predicted molar refractivity (Wildman–Crippen MR) is 101 cm³/mol. The number of aromatic nitrogens is 2. The van der Waals surface area contributed by atoms with Crippen molar-refractivity contribution in [1.82, 2.24) is 9.97 Å². The van der Waals surface area contributed by atoms with Gasteiger partial charge in [0.05, 0.1) is 0 Å². The quantitative estimate of drug-likeness (QED) is 0.813. The molecule has 0 bridgehead atoms. The zero-order chi connectivity index (χ0) is 17.2. The maximum atomic E-state index is 4.63. The van der Waals surface area contributed by atoms with Gasteiger partial charge in [-0.05, 0) is 42.9 Å². The van der Waals surface area contributed by atoms with Crippen LogP contribution in [0.4, 0.5) is 17.5 Å². The first-order valence-corrected chi connectivity index (χ1v) is 8.90. The Kier molecular flexibility index (Phi) is 4.74. The summed E-state index contributed by atoms with van der Waals surface area (Å²) in [7, 11) is 0. The van der Waals surface area contributed by atoms with E-state index in [1.165, 1.54) is 31.2 Å². The molecule has 1 aliphatic carbocycles. The summed E-state index contributed by atoms with van der Waals surface area (Å²) < 4.78 is 0. The topological polar surface area (TPSA) is 49.8 Å². The third-order valence-corrected chi connectivity index (χ3v) is 4.57. The monoisotopic (exact) mass is 324 g/mol. The molecular formula is C20H28N4. The molecule has 1 fully saturated rings. The second-order valence-corrected chi connectivity index (χ2v) is 7.80. The molecule has 0 spiro atoms. The lowest BCUT2D eigenvalue weighted by atomic mass is 9.87. The molecule has 24 heavy (non-hydrogen) atoms. The molecule has 0 amide bonds. The smallest absolute Gasteiger partial charge is 0.229 e. The van der Waals surface area contributed by atoms with Crippen LogP contribution in [0.5, 0.6) is 0 Å². The Morgan fingerprint density at radius 1 is 1.00 bits per heavy atom. The van der Waals surface area contributed by atoms with Crippen LogP contribution in [0.1, 0.15) is 57.7 Å². The van der Waals surface area contributed by atoms with E-state index in [4.69, 9.17) is 0 Å². The minimum absolute atomic E-state index is 0.163. The number of nitrogens with one attached hydrogen (secondary N) is 2. The molecule has 1 heterocycles. The summed E-state index contributed by atoms with van der Waals surface area (Å²) in [5.41, 5.74) is 3.47. The van der Waals surface area contributed by atoms with Crippen molar-refractivity contribution in [3.05, 3.63) is 41.6 Å². The Hall–Kier alpha value is -2.10. The van der Waals surface area contributed by atoms with Crippen LogP contribution in [0, 0.1) is 6.92 Å². The minimum Gasteiger partial charge on any atom is -0.367 e. The summed E-state index contributed by atoms with van der Waals surface area (Å²) in [4.78, 5) is 9.14. The molecule has 0 atom stereocenters. The number of hydrogen-bond donors (Lipinski definition) is 2. The number of hydrogen-bond acceptors (Lipinski definition) is 4. The number of anilines is 3. The molecule has 1 aromatic carbocycles. The van der Waals surface area contributed by atoms with Gasteiger partial charge in [0, 0.05) is 23.5 Å². The van der Waals surface area contributed by atoms with Crippen LogP contribution in [0.15, 0.2) is 30.3 Å². The number of nitrogens with zero attached hydrogens (tertiary/aromatic N) is 2. The molecule has 3 rings (SSSR count). The largest absolute Gasteiger partial charge is 0.367 e. The molecular weight excluding hydrogens is 296 g/mol. The highest BCUT2D eigenvalue weighted by molar-refractivity contribution is 5.56. The van der Waals surface area contributed by atoms with Gasteiger partial charge in [0.2, 0.25) is 5.95 Å². The van der Waals surface area contributed by atoms with Crippen molar-refractivity contribution in [3.63, 3.8) is 0 Å². The maximum absolute atomic E-state index is 4.63. The van der Waals surface area contributed by atoms with Crippen molar-refractivity contribution in [2.24, 2.45) is 0 Å². The summed E-state index contributed by atoms with van der Waals surface area (Å²) >= 11 is 0. The summed E-state index contributed by atoms with van der Waals surface area (Å²) in [5, 5.41) is 6.87. The van der Waals surface area contributed by atoms with Gasteiger partial charge in [-0.15, -0.1) is 0 Å². The van der Waals surface area contributed by atoms with Crippen molar-refractivity contribution in [1.29, 1.82) is 0 Å². The molecule has 1 aliphatic rings. The van der Waals surface area contributed by atoms with Crippen LogP contribution in [0.2, 0.25) is 0 Å². The second kappa shape index (κ2) is 6.80. The van der Waals surface area contributed by atoms with Gasteiger partial charge in [-0.2, -0.15) is 4.98 Å². The van der Waals surface area contributed by atoms with Crippen molar-refractivity contribution in [2.45, 2.75) is 64.8 Å². The highest BCUT2D eigenvalue weighted by atomic mass is 15.1. The van der Waals surface area contributed by atoms with Gasteiger partial charge in [-0.1, -0.05) is 45.7 Å². The van der Waals surface area contributed by atoms with Crippen LogP contribution in [-0.2, 0) is 5.41 Å². The highest BCUT2D eigenvalue weighted by Gasteiger charge is 2.16. The van der Waals surface area contributed by atoms with E-state index in [0.29, 0.717) is 12.0 Å². The van der Waals surface area contributed by atoms with Gasteiger partial charge in [0.15, 0.2) is 0 Å². The molecule has 128 valence electrons. The molecule has 0 unspecified atom stereocenters. The van der Waals surface area contributed by atoms with Gasteiger partial charge < -0.3 is 10.6 Å². The zero-order valence-corrected chi connectivity index (χ0v) is 15.2. The van der Waals surface area contributed by atoms with Crippen molar-refractivity contribution in [3.8, 4) is 0 Å². The average Bonchev–Trinajstić information content (AvgIpc) is 2.99. The molecule has 1 saturated carbocycles. The fourth-order valence-corrected chi connectivity index (χ4v) is 3.16. The normalized spacial score (nSPS) is 15.5. The van der Waals surface area contributed by atoms with Gasteiger partial charge in [0.1, 0.15) is 5.82 Å². The van der Waals surface area contributed by atoms with E-state index in [1.807, 2.05) is 13.0 Å². The van der Waals surface area contributed by atoms with E-state index < -0.39 is 0 Å². The molecule has 2 N–H and O–H groups in total. The lowest BCUT2D eigenvalue weighted by Gasteiger charge is -2.19. The fourth-order valence-electron chi connectivity index (χ4n) is 3.16. The molecule has 0 radical (unpaired) electrons. The molecule has 0 aliphatic heterocycles. The van der Waals surface area contributed by atoms with Gasteiger partial charge in [-0.3, -0.25) is 0 Å². The maximum Gasteiger partial charge on any atom is 0.229 e. The molecule has 4 nitrogen and oxygen atoms in total.